The average Bonchev–Trinajstić information content (AvgIpc) is 3.28. The van der Waals surface area contributed by atoms with Crippen LogP contribution in [0.25, 0.3) is 28.0 Å². The molecule has 0 fully saturated rings. The molecule has 9 heteroatoms. The van der Waals surface area contributed by atoms with Gasteiger partial charge < -0.3 is 5.11 Å². The van der Waals surface area contributed by atoms with Crippen molar-refractivity contribution in [3.8, 4) is 22.8 Å². The summed E-state index contributed by atoms with van der Waals surface area (Å²) in [6.45, 7) is 0. The lowest BCUT2D eigenvalue weighted by atomic mass is 10.1. The summed E-state index contributed by atoms with van der Waals surface area (Å²) in [5.41, 5.74) is 3.21. The largest absolute Gasteiger partial charge is 0.506 e. The molecule has 5 aromatic rings. The van der Waals surface area contributed by atoms with Gasteiger partial charge >= 0.3 is 0 Å². The minimum atomic E-state index is -0.427. The van der Waals surface area contributed by atoms with E-state index in [4.69, 9.17) is 0 Å². The summed E-state index contributed by atoms with van der Waals surface area (Å²) in [6, 6.07) is 23.3. The highest BCUT2D eigenvalue weighted by atomic mass is 32.2. The maximum absolute atomic E-state index is 11.0. The van der Waals surface area contributed by atoms with Gasteiger partial charge in [-0.1, -0.05) is 42.1 Å². The number of phenolic OH excluding ortho intramolecular Hbond substituents is 1. The second kappa shape index (κ2) is 8.71. The van der Waals surface area contributed by atoms with Crippen LogP contribution in [0.15, 0.2) is 90.2 Å². The quantitative estimate of drug-likeness (QED) is 0.208. The van der Waals surface area contributed by atoms with Crippen molar-refractivity contribution in [2.24, 2.45) is 0 Å². The molecule has 3 aromatic carbocycles. The van der Waals surface area contributed by atoms with Gasteiger partial charge in [0.15, 0.2) is 11.0 Å². The number of fused-ring (bicyclic) bond motifs is 1. The Bertz CT molecular complexity index is 1450. The van der Waals surface area contributed by atoms with Crippen molar-refractivity contribution in [1.82, 2.24) is 19.7 Å². The first-order chi connectivity index (χ1) is 16.1. The fourth-order valence-electron chi connectivity index (χ4n) is 3.58. The number of para-hydroxylation sites is 1. The first kappa shape index (κ1) is 20.7. The Morgan fingerprint density at radius 3 is 2.48 bits per heavy atom. The molecule has 0 radical (unpaired) electrons. The second-order valence-corrected chi connectivity index (χ2v) is 8.16. The number of nitro benzene ring substituents is 1. The molecule has 0 bridgehead atoms. The Labute approximate surface area is 192 Å². The van der Waals surface area contributed by atoms with Crippen LogP contribution in [0.2, 0.25) is 0 Å². The van der Waals surface area contributed by atoms with Crippen molar-refractivity contribution in [1.29, 1.82) is 0 Å². The molecule has 8 nitrogen and oxygen atoms in total. The van der Waals surface area contributed by atoms with Crippen LogP contribution in [-0.2, 0) is 5.75 Å². The number of nitro groups is 1. The lowest BCUT2D eigenvalue weighted by Gasteiger charge is -2.11. The van der Waals surface area contributed by atoms with Crippen molar-refractivity contribution < 1.29 is 10.0 Å². The van der Waals surface area contributed by atoms with Gasteiger partial charge in [-0.15, -0.1) is 10.2 Å². The van der Waals surface area contributed by atoms with E-state index in [1.807, 2.05) is 53.1 Å². The maximum Gasteiger partial charge on any atom is 0.269 e. The van der Waals surface area contributed by atoms with Gasteiger partial charge in [-0.3, -0.25) is 19.7 Å². The van der Waals surface area contributed by atoms with Crippen LogP contribution in [0, 0.1) is 10.1 Å². The van der Waals surface area contributed by atoms with Gasteiger partial charge in [0.05, 0.1) is 4.92 Å². The summed E-state index contributed by atoms with van der Waals surface area (Å²) in [5, 5.41) is 31.5. The molecule has 1 N–H and O–H groups in total. The van der Waals surface area contributed by atoms with Crippen molar-refractivity contribution in [2.45, 2.75) is 10.9 Å². The van der Waals surface area contributed by atoms with Gasteiger partial charge in [0.1, 0.15) is 11.3 Å². The lowest BCUT2D eigenvalue weighted by molar-refractivity contribution is -0.384. The molecule has 2 heterocycles. The molecule has 0 saturated carbocycles. The van der Waals surface area contributed by atoms with E-state index in [0.717, 1.165) is 22.2 Å². The van der Waals surface area contributed by atoms with Gasteiger partial charge in [0.2, 0.25) is 0 Å². The van der Waals surface area contributed by atoms with E-state index >= 15 is 0 Å². The molecule has 0 saturated heterocycles. The first-order valence-electron chi connectivity index (χ1n) is 10.1. The molecule has 0 aliphatic carbocycles. The fourth-order valence-corrected chi connectivity index (χ4v) is 4.53. The third-order valence-electron chi connectivity index (χ3n) is 5.18. The van der Waals surface area contributed by atoms with E-state index in [-0.39, 0.29) is 11.4 Å². The molecule has 0 aliphatic heterocycles. The minimum absolute atomic E-state index is 0.0203. The lowest BCUT2D eigenvalue weighted by Crippen LogP contribution is -2.00. The number of aromatic nitrogens is 4. The molecular formula is C24H17N5O3S. The van der Waals surface area contributed by atoms with Crippen molar-refractivity contribution in [3.05, 3.63) is 101 Å². The Balaban J connectivity index is 1.53. The zero-order chi connectivity index (χ0) is 22.8. The predicted octanol–water partition coefficient (Wildman–Crippen LogP) is 5.39. The van der Waals surface area contributed by atoms with Crippen molar-refractivity contribution in [2.75, 3.05) is 0 Å². The van der Waals surface area contributed by atoms with Crippen LogP contribution in [-0.4, -0.2) is 29.8 Å². The maximum atomic E-state index is 11.0. The number of nitrogens with zero attached hydrogens (tertiary/aromatic N) is 5. The molecule has 0 atom stereocenters. The second-order valence-electron chi connectivity index (χ2n) is 7.21. The standard InChI is InChI=1S/C24H17N5O3S/c30-21-13-10-17(20-7-4-14-25-22(20)21)15-33-24-27-26-23(28(24)18-5-2-1-3-6-18)16-8-11-19(12-9-16)29(31)32/h1-14,30H,15H2. The zero-order valence-electron chi connectivity index (χ0n) is 17.2. The molecular weight excluding hydrogens is 438 g/mol. The number of rotatable bonds is 6. The zero-order valence-corrected chi connectivity index (χ0v) is 18.0. The van der Waals surface area contributed by atoms with Crippen molar-refractivity contribution in [3.63, 3.8) is 0 Å². The topological polar surface area (TPSA) is 107 Å². The normalized spacial score (nSPS) is 11.0. The number of benzene rings is 3. The van der Waals surface area contributed by atoms with Crippen LogP contribution >= 0.6 is 11.8 Å². The summed E-state index contributed by atoms with van der Waals surface area (Å²) in [6.07, 6.45) is 1.65. The number of hydrogen-bond acceptors (Lipinski definition) is 7. The number of thioether (sulfide) groups is 1. The summed E-state index contributed by atoms with van der Waals surface area (Å²) in [5.74, 6) is 1.33. The third kappa shape index (κ3) is 4.01. The molecule has 0 amide bonds. The van der Waals surface area contributed by atoms with E-state index in [2.05, 4.69) is 15.2 Å². The van der Waals surface area contributed by atoms with Crippen molar-refractivity contribution >= 4 is 28.4 Å². The van der Waals surface area contributed by atoms with Gasteiger partial charge in [-0.25, -0.2) is 0 Å². The number of non-ortho nitro benzene ring substituents is 1. The number of phenols is 1. The summed E-state index contributed by atoms with van der Waals surface area (Å²) >= 11 is 1.51. The molecule has 0 spiro atoms. The SMILES string of the molecule is O=[N+]([O-])c1ccc(-c2nnc(SCc3ccc(O)c4ncccc34)n2-c2ccccc2)cc1. The highest BCUT2D eigenvalue weighted by Gasteiger charge is 2.18. The summed E-state index contributed by atoms with van der Waals surface area (Å²) in [4.78, 5) is 14.9. The van der Waals surface area contributed by atoms with Crippen LogP contribution in [0.5, 0.6) is 5.75 Å². The Kier molecular flexibility index (Phi) is 5.45. The summed E-state index contributed by atoms with van der Waals surface area (Å²) in [7, 11) is 0. The van der Waals surface area contributed by atoms with E-state index in [1.54, 1.807) is 24.4 Å². The van der Waals surface area contributed by atoms with Gasteiger partial charge in [-0.2, -0.15) is 0 Å². The Hall–Kier alpha value is -4.24. The number of aromatic hydroxyl groups is 1. The third-order valence-corrected chi connectivity index (χ3v) is 6.16. The highest BCUT2D eigenvalue weighted by molar-refractivity contribution is 7.98. The average molecular weight is 455 g/mol. The van der Waals surface area contributed by atoms with Crippen LogP contribution in [0.4, 0.5) is 5.69 Å². The van der Waals surface area contributed by atoms with Gasteiger partial charge in [0, 0.05) is 40.7 Å². The van der Waals surface area contributed by atoms with Crippen LogP contribution in [0.3, 0.4) is 0 Å². The monoisotopic (exact) mass is 455 g/mol. The molecule has 33 heavy (non-hydrogen) atoms. The van der Waals surface area contributed by atoms with E-state index < -0.39 is 4.92 Å². The molecule has 2 aromatic heterocycles. The van der Waals surface area contributed by atoms with E-state index in [1.165, 1.54) is 23.9 Å². The van der Waals surface area contributed by atoms with Gasteiger partial charge in [0.25, 0.3) is 5.69 Å². The molecule has 162 valence electrons. The Morgan fingerprint density at radius 1 is 0.939 bits per heavy atom. The summed E-state index contributed by atoms with van der Waals surface area (Å²) < 4.78 is 1.94. The van der Waals surface area contributed by atoms with Crippen LogP contribution in [0.1, 0.15) is 5.56 Å². The predicted molar refractivity (Wildman–Crippen MR) is 126 cm³/mol. The minimum Gasteiger partial charge on any atom is -0.506 e. The van der Waals surface area contributed by atoms with Gasteiger partial charge in [-0.05, 0) is 42.0 Å². The first-order valence-corrected chi connectivity index (χ1v) is 11.0. The Morgan fingerprint density at radius 2 is 1.73 bits per heavy atom. The molecule has 0 unspecified atom stereocenters. The smallest absolute Gasteiger partial charge is 0.269 e. The van der Waals surface area contributed by atoms with E-state index in [9.17, 15) is 15.2 Å². The highest BCUT2D eigenvalue weighted by Crippen LogP contribution is 2.33. The fraction of sp³-hybridized carbons (Fsp3) is 0.0417. The van der Waals surface area contributed by atoms with E-state index in [0.29, 0.717) is 22.3 Å². The van der Waals surface area contributed by atoms with Crippen LogP contribution < -0.4 is 0 Å². The number of hydrogen-bond donors (Lipinski definition) is 1. The molecule has 0 aliphatic rings. The number of pyridine rings is 1. The molecule has 5 rings (SSSR count).